The monoisotopic (exact) mass is 219 g/mol. The second-order valence-corrected chi connectivity index (χ2v) is 8.68. The summed E-state index contributed by atoms with van der Waals surface area (Å²) in [4.78, 5) is 0. The van der Waals surface area contributed by atoms with E-state index in [1.807, 2.05) is 20.9 Å². The van der Waals surface area contributed by atoms with Gasteiger partial charge in [0.25, 0.3) is 0 Å². The lowest BCUT2D eigenvalue weighted by Crippen LogP contribution is -2.52. The molecule has 1 N–H and O–H groups in total. The molecule has 0 spiro atoms. The van der Waals surface area contributed by atoms with Crippen molar-refractivity contribution in [1.82, 2.24) is 5.32 Å². The first-order valence-corrected chi connectivity index (χ1v) is 7.88. The molecule has 0 aromatic rings. The van der Waals surface area contributed by atoms with Gasteiger partial charge in [0.2, 0.25) is 0 Å². The Morgan fingerprint density at radius 1 is 0.929 bits per heavy atom. The number of nitrogens with one attached hydrogen (secondary N) is 1. The molecule has 0 radical (unpaired) electrons. The van der Waals surface area contributed by atoms with Gasteiger partial charge in [-0.1, -0.05) is 0 Å². The quantitative estimate of drug-likeness (QED) is 0.582. The van der Waals surface area contributed by atoms with Crippen LogP contribution < -0.4 is 5.32 Å². The topological polar surface area (TPSA) is 30.5 Å². The predicted molar refractivity (Wildman–Crippen MR) is 62.5 cm³/mol. The molecule has 4 heteroatoms. The largest absolute Gasteiger partial charge is 0.389 e. The molecular formula is C10H25NO2Si. The van der Waals surface area contributed by atoms with Crippen molar-refractivity contribution < 1.29 is 8.85 Å². The maximum Gasteiger partial charge on any atom is 0.333 e. The minimum absolute atomic E-state index is 0.139. The van der Waals surface area contributed by atoms with Gasteiger partial charge in [-0.15, -0.1) is 0 Å². The molecule has 14 heavy (non-hydrogen) atoms. The van der Waals surface area contributed by atoms with Gasteiger partial charge in [0.1, 0.15) is 5.72 Å². The average molecular weight is 219 g/mol. The standard InChI is InChI=1S/C10H25NO2Si/c1-9(2,3)12-14(7,8)13-10(4,5)11-6/h11H,1-8H3. The van der Waals surface area contributed by atoms with Crippen molar-refractivity contribution in [3.63, 3.8) is 0 Å². The van der Waals surface area contributed by atoms with Crippen LogP contribution in [0.5, 0.6) is 0 Å². The van der Waals surface area contributed by atoms with Crippen molar-refractivity contribution in [2.45, 2.75) is 59.0 Å². The maximum atomic E-state index is 5.96. The minimum atomic E-state index is -2.06. The maximum absolute atomic E-state index is 5.96. The van der Waals surface area contributed by atoms with Crippen LogP contribution in [0.4, 0.5) is 0 Å². The molecular weight excluding hydrogens is 194 g/mol. The summed E-state index contributed by atoms with van der Waals surface area (Å²) in [6.07, 6.45) is 0. The van der Waals surface area contributed by atoms with Gasteiger partial charge < -0.3 is 8.85 Å². The molecule has 0 atom stereocenters. The van der Waals surface area contributed by atoms with E-state index in [0.717, 1.165) is 0 Å². The normalized spacial score (nSPS) is 14.6. The molecule has 0 bridgehead atoms. The Morgan fingerprint density at radius 3 is 1.64 bits per heavy atom. The van der Waals surface area contributed by atoms with Crippen molar-refractivity contribution in [3.8, 4) is 0 Å². The predicted octanol–water partition coefficient (Wildman–Crippen LogP) is 2.48. The summed E-state index contributed by atoms with van der Waals surface area (Å²) in [7, 11) is -0.167. The molecule has 0 heterocycles. The fourth-order valence-electron chi connectivity index (χ4n) is 1.42. The molecule has 0 aliphatic carbocycles. The first-order valence-electron chi connectivity index (χ1n) is 5.07. The molecule has 0 fully saturated rings. The third-order valence-corrected chi connectivity index (χ3v) is 3.76. The summed E-state index contributed by atoms with van der Waals surface area (Å²) in [5.41, 5.74) is -0.458. The van der Waals surface area contributed by atoms with Gasteiger partial charge in [-0.2, -0.15) is 0 Å². The van der Waals surface area contributed by atoms with Crippen LogP contribution in [0, 0.1) is 0 Å². The van der Waals surface area contributed by atoms with Crippen molar-refractivity contribution in [1.29, 1.82) is 0 Å². The molecule has 0 amide bonds. The van der Waals surface area contributed by atoms with E-state index in [-0.39, 0.29) is 11.3 Å². The summed E-state index contributed by atoms with van der Waals surface area (Å²) >= 11 is 0. The summed E-state index contributed by atoms with van der Waals surface area (Å²) in [6, 6.07) is 0. The van der Waals surface area contributed by atoms with Gasteiger partial charge in [0.15, 0.2) is 0 Å². The number of hydrogen-bond donors (Lipinski definition) is 1. The highest BCUT2D eigenvalue weighted by molar-refractivity contribution is 6.64. The fourth-order valence-corrected chi connectivity index (χ4v) is 4.27. The molecule has 0 rings (SSSR count). The smallest absolute Gasteiger partial charge is 0.333 e. The van der Waals surface area contributed by atoms with Crippen LogP contribution in [-0.4, -0.2) is 26.9 Å². The number of rotatable bonds is 4. The molecule has 0 aliphatic rings. The average Bonchev–Trinajstić information content (AvgIpc) is 1.78. The van der Waals surface area contributed by atoms with E-state index in [1.54, 1.807) is 0 Å². The summed E-state index contributed by atoms with van der Waals surface area (Å²) in [5.74, 6) is 0. The first-order chi connectivity index (χ1) is 5.97. The van der Waals surface area contributed by atoms with Crippen molar-refractivity contribution in [2.75, 3.05) is 7.05 Å². The second kappa shape index (κ2) is 4.31. The van der Waals surface area contributed by atoms with Gasteiger partial charge in [0, 0.05) is 0 Å². The Hall–Kier alpha value is 0.0969. The van der Waals surface area contributed by atoms with E-state index in [0.29, 0.717) is 0 Å². The molecule has 86 valence electrons. The molecule has 3 nitrogen and oxygen atoms in total. The van der Waals surface area contributed by atoms with Crippen LogP contribution >= 0.6 is 0 Å². The highest BCUT2D eigenvalue weighted by atomic mass is 28.4. The Balaban J connectivity index is 4.35. The van der Waals surface area contributed by atoms with E-state index in [2.05, 4.69) is 39.2 Å². The summed E-state index contributed by atoms with van der Waals surface area (Å²) in [6.45, 7) is 14.3. The van der Waals surface area contributed by atoms with Crippen molar-refractivity contribution >= 4 is 8.56 Å². The zero-order valence-electron chi connectivity index (χ0n) is 10.8. The zero-order valence-corrected chi connectivity index (χ0v) is 11.8. The third-order valence-electron chi connectivity index (χ3n) is 1.65. The lowest BCUT2D eigenvalue weighted by molar-refractivity contribution is -0.00113. The third kappa shape index (κ3) is 6.54. The van der Waals surface area contributed by atoms with Crippen LogP contribution in [0.3, 0.4) is 0 Å². The lowest BCUT2D eigenvalue weighted by Gasteiger charge is -2.38. The fraction of sp³-hybridized carbons (Fsp3) is 1.00. The van der Waals surface area contributed by atoms with Gasteiger partial charge in [-0.25, -0.2) is 0 Å². The molecule has 0 aliphatic heterocycles. The van der Waals surface area contributed by atoms with Gasteiger partial charge in [-0.05, 0) is 54.8 Å². The Bertz CT molecular complexity index is 185. The lowest BCUT2D eigenvalue weighted by atomic mass is 10.2. The summed E-state index contributed by atoms with van der Waals surface area (Å²) in [5, 5.41) is 3.12. The van der Waals surface area contributed by atoms with Crippen LogP contribution in [-0.2, 0) is 8.85 Å². The first kappa shape index (κ1) is 14.1. The minimum Gasteiger partial charge on any atom is -0.389 e. The van der Waals surface area contributed by atoms with E-state index in [9.17, 15) is 0 Å². The Labute approximate surface area is 89.4 Å². The number of hydrogen-bond acceptors (Lipinski definition) is 3. The van der Waals surface area contributed by atoms with Crippen molar-refractivity contribution in [2.24, 2.45) is 0 Å². The zero-order chi connectivity index (χ0) is 11.6. The van der Waals surface area contributed by atoms with E-state index in [1.165, 1.54) is 0 Å². The van der Waals surface area contributed by atoms with Crippen LogP contribution in [0.25, 0.3) is 0 Å². The van der Waals surface area contributed by atoms with Crippen LogP contribution in [0.1, 0.15) is 34.6 Å². The SMILES string of the molecule is CNC(C)(C)O[Si](C)(C)OC(C)(C)C. The highest BCUT2D eigenvalue weighted by Crippen LogP contribution is 2.21. The van der Waals surface area contributed by atoms with Crippen molar-refractivity contribution in [3.05, 3.63) is 0 Å². The van der Waals surface area contributed by atoms with E-state index < -0.39 is 8.56 Å². The summed E-state index contributed by atoms with van der Waals surface area (Å²) < 4.78 is 11.9. The van der Waals surface area contributed by atoms with Gasteiger partial charge >= 0.3 is 8.56 Å². The Kier molecular flexibility index (Phi) is 4.34. The Morgan fingerprint density at radius 2 is 1.36 bits per heavy atom. The van der Waals surface area contributed by atoms with E-state index >= 15 is 0 Å². The second-order valence-electron chi connectivity index (χ2n) is 5.48. The molecule has 0 aromatic heterocycles. The van der Waals surface area contributed by atoms with Gasteiger partial charge in [-0.3, -0.25) is 5.32 Å². The molecule has 0 aromatic carbocycles. The van der Waals surface area contributed by atoms with E-state index in [4.69, 9.17) is 8.85 Å². The van der Waals surface area contributed by atoms with Crippen LogP contribution in [0.15, 0.2) is 0 Å². The van der Waals surface area contributed by atoms with Gasteiger partial charge in [0.05, 0.1) is 5.60 Å². The molecule has 0 saturated carbocycles. The molecule has 0 unspecified atom stereocenters. The van der Waals surface area contributed by atoms with Crippen LogP contribution in [0.2, 0.25) is 13.1 Å². The highest BCUT2D eigenvalue weighted by Gasteiger charge is 2.35. The molecule has 0 saturated heterocycles.